The second-order valence-corrected chi connectivity index (χ2v) is 3.90. The average molecular weight is 221 g/mol. The minimum atomic E-state index is -1.46. The average Bonchev–Trinajstić information content (AvgIpc) is 2.11. The summed E-state index contributed by atoms with van der Waals surface area (Å²) in [7, 11) is 0. The number of rotatable bonds is 6. The van der Waals surface area contributed by atoms with Gasteiger partial charge in [0, 0.05) is 0 Å². The van der Waals surface area contributed by atoms with Gasteiger partial charge in [0.2, 0.25) is 0 Å². The van der Waals surface area contributed by atoms with E-state index in [1.807, 2.05) is 0 Å². The highest BCUT2D eigenvalue weighted by atomic mass is 16.4. The number of carboxylic acid groups (broad SMARTS) is 1. The largest absolute Gasteiger partial charge is 0.480 e. The molecule has 0 rings (SSSR count). The minimum Gasteiger partial charge on any atom is -0.480 e. The maximum absolute atomic E-state index is 10.8. The number of carbonyl (C=O) groups is 1. The Kier molecular flexibility index (Phi) is 5.74. The van der Waals surface area contributed by atoms with Gasteiger partial charge in [-0.05, 0) is 12.8 Å². The molecule has 0 aromatic heterocycles. The lowest BCUT2D eigenvalue weighted by Gasteiger charge is -2.26. The third kappa shape index (κ3) is 4.57. The summed E-state index contributed by atoms with van der Waals surface area (Å²) in [5.41, 5.74) is 0. The van der Waals surface area contributed by atoms with E-state index in [0.717, 1.165) is 0 Å². The van der Waals surface area contributed by atoms with Crippen LogP contribution < -0.4 is 5.32 Å². The second kappa shape index (κ2) is 6.02. The smallest absolute Gasteiger partial charge is 0.321 e. The molecule has 0 aliphatic heterocycles. The summed E-state index contributed by atoms with van der Waals surface area (Å²) in [5.74, 6) is -1.35. The first-order valence-electron chi connectivity index (χ1n) is 4.80. The zero-order valence-electron chi connectivity index (χ0n) is 9.08. The van der Waals surface area contributed by atoms with Crippen LogP contribution in [0.5, 0.6) is 0 Å². The Balaban J connectivity index is 4.35. The van der Waals surface area contributed by atoms with E-state index in [-0.39, 0.29) is 5.92 Å². The van der Waals surface area contributed by atoms with E-state index >= 15 is 0 Å². The normalized spacial score (nSPS) is 19.7. The van der Waals surface area contributed by atoms with Crippen molar-refractivity contribution in [1.29, 1.82) is 0 Å². The van der Waals surface area contributed by atoms with Gasteiger partial charge in [-0.2, -0.15) is 0 Å². The topological polar surface area (TPSA) is 110 Å². The molecular weight excluding hydrogens is 202 g/mol. The van der Waals surface area contributed by atoms with Gasteiger partial charge in [-0.3, -0.25) is 10.1 Å². The standard InChI is InChI=1S/C9H19NO5/c1-4(2)6(9(14)15)10-8(13)7(12)5(3)11/h4-8,10-13H,1-3H3,(H,14,15)/t5?,6-,7?,8?/m0/s1. The molecule has 6 nitrogen and oxygen atoms in total. The molecule has 0 aliphatic rings. The van der Waals surface area contributed by atoms with Crippen molar-refractivity contribution in [2.45, 2.75) is 45.2 Å². The fourth-order valence-corrected chi connectivity index (χ4v) is 1.10. The Morgan fingerprint density at radius 2 is 1.60 bits per heavy atom. The number of aliphatic hydroxyl groups excluding tert-OH is 3. The van der Waals surface area contributed by atoms with Crippen LogP contribution in [-0.2, 0) is 4.79 Å². The predicted molar refractivity (Wildman–Crippen MR) is 53.1 cm³/mol. The summed E-state index contributed by atoms with van der Waals surface area (Å²) in [4.78, 5) is 10.8. The molecule has 0 heterocycles. The molecule has 0 radical (unpaired) electrons. The molecule has 0 aromatic rings. The third-order valence-electron chi connectivity index (χ3n) is 2.10. The van der Waals surface area contributed by atoms with Gasteiger partial charge in [0.05, 0.1) is 6.10 Å². The lowest BCUT2D eigenvalue weighted by Crippen LogP contribution is -2.53. The lowest BCUT2D eigenvalue weighted by molar-refractivity contribution is -0.143. The number of aliphatic carboxylic acids is 1. The predicted octanol–water partition coefficient (Wildman–Crippen LogP) is -1.25. The molecule has 0 fully saturated rings. The summed E-state index contributed by atoms with van der Waals surface area (Å²) >= 11 is 0. The number of aliphatic hydroxyl groups is 3. The Bertz CT molecular complexity index is 207. The summed E-state index contributed by atoms with van der Waals surface area (Å²) in [5, 5.41) is 38.7. The van der Waals surface area contributed by atoms with Crippen molar-refractivity contribution in [1.82, 2.24) is 5.32 Å². The van der Waals surface area contributed by atoms with E-state index in [9.17, 15) is 15.0 Å². The van der Waals surface area contributed by atoms with E-state index in [1.54, 1.807) is 13.8 Å². The van der Waals surface area contributed by atoms with Crippen molar-refractivity contribution in [3.05, 3.63) is 0 Å². The van der Waals surface area contributed by atoms with E-state index in [1.165, 1.54) is 6.92 Å². The van der Waals surface area contributed by atoms with Gasteiger partial charge >= 0.3 is 5.97 Å². The van der Waals surface area contributed by atoms with Crippen LogP contribution in [0, 0.1) is 5.92 Å². The first-order chi connectivity index (χ1) is 6.77. The fraction of sp³-hybridized carbons (Fsp3) is 0.889. The van der Waals surface area contributed by atoms with Crippen molar-refractivity contribution in [2.75, 3.05) is 0 Å². The SMILES string of the molecule is CC(O)C(O)C(O)N[C@H](C(=O)O)C(C)C. The van der Waals surface area contributed by atoms with Crippen molar-refractivity contribution in [2.24, 2.45) is 5.92 Å². The molecule has 0 saturated carbocycles. The second-order valence-electron chi connectivity index (χ2n) is 3.90. The molecular formula is C9H19NO5. The number of nitrogens with one attached hydrogen (secondary N) is 1. The molecule has 6 heteroatoms. The van der Waals surface area contributed by atoms with Crippen molar-refractivity contribution >= 4 is 5.97 Å². The zero-order valence-corrected chi connectivity index (χ0v) is 9.08. The molecule has 90 valence electrons. The fourth-order valence-electron chi connectivity index (χ4n) is 1.10. The highest BCUT2D eigenvalue weighted by molar-refractivity contribution is 5.73. The Morgan fingerprint density at radius 1 is 1.13 bits per heavy atom. The van der Waals surface area contributed by atoms with Crippen molar-refractivity contribution in [3.63, 3.8) is 0 Å². The highest BCUT2D eigenvalue weighted by Crippen LogP contribution is 2.05. The van der Waals surface area contributed by atoms with Gasteiger partial charge in [-0.25, -0.2) is 0 Å². The Morgan fingerprint density at radius 3 is 1.87 bits per heavy atom. The van der Waals surface area contributed by atoms with Crippen LogP contribution >= 0.6 is 0 Å². The first kappa shape index (κ1) is 14.3. The number of carboxylic acids is 1. The molecule has 0 bridgehead atoms. The first-order valence-corrected chi connectivity index (χ1v) is 4.80. The van der Waals surface area contributed by atoms with Gasteiger partial charge in [-0.1, -0.05) is 13.8 Å². The van der Waals surface area contributed by atoms with E-state index < -0.39 is 30.4 Å². The summed E-state index contributed by atoms with van der Waals surface area (Å²) < 4.78 is 0. The highest BCUT2D eigenvalue weighted by Gasteiger charge is 2.28. The maximum atomic E-state index is 10.8. The van der Waals surface area contributed by atoms with Crippen LogP contribution in [0.15, 0.2) is 0 Å². The third-order valence-corrected chi connectivity index (χ3v) is 2.10. The molecule has 15 heavy (non-hydrogen) atoms. The van der Waals surface area contributed by atoms with Crippen LogP contribution in [0.1, 0.15) is 20.8 Å². The number of hydrogen-bond acceptors (Lipinski definition) is 5. The molecule has 0 aromatic carbocycles. The van der Waals surface area contributed by atoms with Gasteiger partial charge in [0.1, 0.15) is 18.4 Å². The maximum Gasteiger partial charge on any atom is 0.321 e. The van der Waals surface area contributed by atoms with Crippen LogP contribution in [0.4, 0.5) is 0 Å². The monoisotopic (exact) mass is 221 g/mol. The van der Waals surface area contributed by atoms with Crippen LogP contribution in [0.2, 0.25) is 0 Å². The molecule has 0 saturated heterocycles. The molecule has 0 aliphatic carbocycles. The summed E-state index contributed by atoms with van der Waals surface area (Å²) in [6.07, 6.45) is -4.01. The lowest BCUT2D eigenvalue weighted by atomic mass is 10.0. The zero-order chi connectivity index (χ0) is 12.2. The Hall–Kier alpha value is -0.690. The van der Waals surface area contributed by atoms with E-state index in [0.29, 0.717) is 0 Å². The van der Waals surface area contributed by atoms with Crippen LogP contribution in [0.25, 0.3) is 0 Å². The molecule has 0 spiro atoms. The molecule has 3 unspecified atom stereocenters. The molecule has 5 N–H and O–H groups in total. The minimum absolute atomic E-state index is 0.238. The quantitative estimate of drug-likeness (QED) is 0.358. The van der Waals surface area contributed by atoms with E-state index in [4.69, 9.17) is 10.2 Å². The van der Waals surface area contributed by atoms with Crippen molar-refractivity contribution in [3.8, 4) is 0 Å². The van der Waals surface area contributed by atoms with Gasteiger partial charge in [0.15, 0.2) is 0 Å². The summed E-state index contributed by atoms with van der Waals surface area (Å²) in [6.45, 7) is 4.65. The van der Waals surface area contributed by atoms with Crippen LogP contribution in [-0.4, -0.2) is 50.9 Å². The van der Waals surface area contributed by atoms with Crippen molar-refractivity contribution < 1.29 is 25.2 Å². The van der Waals surface area contributed by atoms with Gasteiger partial charge in [0.25, 0.3) is 0 Å². The molecule has 4 atom stereocenters. The van der Waals surface area contributed by atoms with Gasteiger partial charge < -0.3 is 20.4 Å². The van der Waals surface area contributed by atoms with Gasteiger partial charge in [-0.15, -0.1) is 0 Å². The van der Waals surface area contributed by atoms with Crippen LogP contribution in [0.3, 0.4) is 0 Å². The Labute approximate surface area is 88.5 Å². The number of hydrogen-bond donors (Lipinski definition) is 5. The summed E-state index contributed by atoms with van der Waals surface area (Å²) in [6, 6.07) is -0.964. The van der Waals surface area contributed by atoms with E-state index in [2.05, 4.69) is 5.32 Å². The molecule has 0 amide bonds.